The Morgan fingerprint density at radius 2 is 1.88 bits per heavy atom. The summed E-state index contributed by atoms with van der Waals surface area (Å²) in [6.07, 6.45) is 1.70. The molecule has 3 nitrogen and oxygen atoms in total. The van der Waals surface area contributed by atoms with Crippen LogP contribution in [-0.4, -0.2) is 11.9 Å². The standard InChI is InChI=1S/C14H18N2O/c1-16(10-12-5-3-2-4-6-12)11-14-13(9-15)7-8-17-14/h2-8H,9-11,15H2,1H3. The zero-order valence-corrected chi connectivity index (χ0v) is 10.1. The van der Waals surface area contributed by atoms with Crippen LogP contribution >= 0.6 is 0 Å². The van der Waals surface area contributed by atoms with E-state index in [1.54, 1.807) is 6.26 Å². The summed E-state index contributed by atoms with van der Waals surface area (Å²) in [7, 11) is 2.08. The minimum atomic E-state index is 0.533. The quantitative estimate of drug-likeness (QED) is 0.857. The van der Waals surface area contributed by atoms with Crippen molar-refractivity contribution in [1.29, 1.82) is 0 Å². The number of furan rings is 1. The van der Waals surface area contributed by atoms with Gasteiger partial charge >= 0.3 is 0 Å². The van der Waals surface area contributed by atoms with E-state index >= 15 is 0 Å². The van der Waals surface area contributed by atoms with Crippen LogP contribution in [0.4, 0.5) is 0 Å². The van der Waals surface area contributed by atoms with E-state index in [2.05, 4.69) is 36.2 Å². The highest BCUT2D eigenvalue weighted by Gasteiger charge is 2.08. The summed E-state index contributed by atoms with van der Waals surface area (Å²) in [4.78, 5) is 2.22. The maximum atomic E-state index is 5.64. The molecule has 0 aliphatic carbocycles. The molecule has 3 heteroatoms. The average Bonchev–Trinajstić information content (AvgIpc) is 2.77. The minimum absolute atomic E-state index is 0.533. The van der Waals surface area contributed by atoms with Crippen LogP contribution in [-0.2, 0) is 19.6 Å². The van der Waals surface area contributed by atoms with Gasteiger partial charge in [-0.25, -0.2) is 0 Å². The summed E-state index contributed by atoms with van der Waals surface area (Å²) in [5.41, 5.74) is 8.03. The van der Waals surface area contributed by atoms with Gasteiger partial charge in [-0.3, -0.25) is 4.90 Å². The molecule has 0 spiro atoms. The number of hydrogen-bond acceptors (Lipinski definition) is 3. The van der Waals surface area contributed by atoms with Crippen molar-refractivity contribution >= 4 is 0 Å². The summed E-state index contributed by atoms with van der Waals surface area (Å²) in [5.74, 6) is 0.964. The van der Waals surface area contributed by atoms with Gasteiger partial charge in [0.2, 0.25) is 0 Å². The van der Waals surface area contributed by atoms with Crippen LogP contribution in [0, 0.1) is 0 Å². The zero-order valence-electron chi connectivity index (χ0n) is 10.1. The zero-order chi connectivity index (χ0) is 12.1. The first-order chi connectivity index (χ1) is 8.29. The van der Waals surface area contributed by atoms with Gasteiger partial charge in [-0.15, -0.1) is 0 Å². The van der Waals surface area contributed by atoms with Gasteiger partial charge in [0, 0.05) is 18.7 Å². The smallest absolute Gasteiger partial charge is 0.122 e. The molecule has 1 heterocycles. The molecule has 0 aliphatic heterocycles. The largest absolute Gasteiger partial charge is 0.468 e. The lowest BCUT2D eigenvalue weighted by Crippen LogP contribution is -2.18. The Morgan fingerprint density at radius 3 is 2.59 bits per heavy atom. The first-order valence-electron chi connectivity index (χ1n) is 5.77. The van der Waals surface area contributed by atoms with Crippen LogP contribution in [0.1, 0.15) is 16.9 Å². The number of rotatable bonds is 5. The Kier molecular flexibility index (Phi) is 3.96. The molecule has 0 unspecified atom stereocenters. The second-order valence-corrected chi connectivity index (χ2v) is 4.23. The van der Waals surface area contributed by atoms with Gasteiger partial charge in [0.05, 0.1) is 12.8 Å². The average molecular weight is 230 g/mol. The molecule has 17 heavy (non-hydrogen) atoms. The molecule has 90 valence electrons. The van der Waals surface area contributed by atoms with E-state index in [1.807, 2.05) is 12.1 Å². The number of benzene rings is 1. The third kappa shape index (κ3) is 3.19. The molecule has 0 aliphatic rings. The van der Waals surface area contributed by atoms with E-state index < -0.39 is 0 Å². The van der Waals surface area contributed by atoms with Crippen molar-refractivity contribution in [3.63, 3.8) is 0 Å². The number of hydrogen-bond donors (Lipinski definition) is 1. The summed E-state index contributed by atoms with van der Waals surface area (Å²) in [6.45, 7) is 2.23. The number of nitrogens with zero attached hydrogens (tertiary/aromatic N) is 1. The first kappa shape index (κ1) is 11.9. The molecule has 0 saturated carbocycles. The van der Waals surface area contributed by atoms with Crippen LogP contribution in [0.15, 0.2) is 47.1 Å². The lowest BCUT2D eigenvalue weighted by atomic mass is 10.2. The molecule has 0 atom stereocenters. The van der Waals surface area contributed by atoms with Crippen molar-refractivity contribution in [1.82, 2.24) is 4.90 Å². The summed E-state index contributed by atoms with van der Waals surface area (Å²) < 4.78 is 5.44. The monoisotopic (exact) mass is 230 g/mol. The highest BCUT2D eigenvalue weighted by Crippen LogP contribution is 2.13. The van der Waals surface area contributed by atoms with E-state index in [4.69, 9.17) is 10.2 Å². The van der Waals surface area contributed by atoms with Crippen LogP contribution in [0.25, 0.3) is 0 Å². The fourth-order valence-corrected chi connectivity index (χ4v) is 1.88. The molecule has 0 amide bonds. The molecular formula is C14H18N2O. The number of nitrogens with two attached hydrogens (primary N) is 1. The predicted molar refractivity (Wildman–Crippen MR) is 68.2 cm³/mol. The lowest BCUT2D eigenvalue weighted by molar-refractivity contribution is 0.286. The molecule has 0 bridgehead atoms. The van der Waals surface area contributed by atoms with Gasteiger partial charge < -0.3 is 10.2 Å². The van der Waals surface area contributed by atoms with Crippen molar-refractivity contribution in [2.45, 2.75) is 19.6 Å². The van der Waals surface area contributed by atoms with Crippen LogP contribution in [0.2, 0.25) is 0 Å². The Hall–Kier alpha value is -1.58. The van der Waals surface area contributed by atoms with Crippen LogP contribution in [0.3, 0.4) is 0 Å². The maximum Gasteiger partial charge on any atom is 0.122 e. The Labute approximate surface area is 102 Å². The van der Waals surface area contributed by atoms with E-state index in [0.717, 1.165) is 24.4 Å². The molecular weight excluding hydrogens is 212 g/mol. The van der Waals surface area contributed by atoms with Crippen molar-refractivity contribution in [3.05, 3.63) is 59.5 Å². The van der Waals surface area contributed by atoms with Crippen LogP contribution in [0.5, 0.6) is 0 Å². The van der Waals surface area contributed by atoms with E-state index in [1.165, 1.54) is 5.56 Å². The van der Waals surface area contributed by atoms with E-state index in [0.29, 0.717) is 6.54 Å². The Bertz CT molecular complexity index is 450. The van der Waals surface area contributed by atoms with Gasteiger partial charge in [-0.05, 0) is 18.7 Å². The predicted octanol–water partition coefficient (Wildman–Crippen LogP) is 2.37. The van der Waals surface area contributed by atoms with Crippen molar-refractivity contribution in [3.8, 4) is 0 Å². The minimum Gasteiger partial charge on any atom is -0.468 e. The molecule has 1 aromatic carbocycles. The molecule has 2 aromatic rings. The second-order valence-electron chi connectivity index (χ2n) is 4.23. The molecule has 0 fully saturated rings. The fraction of sp³-hybridized carbons (Fsp3) is 0.286. The summed E-state index contributed by atoms with van der Waals surface area (Å²) in [5, 5.41) is 0. The van der Waals surface area contributed by atoms with Gasteiger partial charge in [0.25, 0.3) is 0 Å². The topological polar surface area (TPSA) is 42.4 Å². The highest BCUT2D eigenvalue weighted by atomic mass is 16.3. The fourth-order valence-electron chi connectivity index (χ4n) is 1.88. The Morgan fingerprint density at radius 1 is 1.12 bits per heavy atom. The van der Waals surface area contributed by atoms with E-state index in [-0.39, 0.29) is 0 Å². The molecule has 0 radical (unpaired) electrons. The maximum absolute atomic E-state index is 5.64. The highest BCUT2D eigenvalue weighted by molar-refractivity contribution is 5.17. The summed E-state index contributed by atoms with van der Waals surface area (Å²) in [6, 6.07) is 12.3. The van der Waals surface area contributed by atoms with Gasteiger partial charge in [-0.1, -0.05) is 30.3 Å². The lowest BCUT2D eigenvalue weighted by Gasteiger charge is -2.15. The van der Waals surface area contributed by atoms with Crippen molar-refractivity contribution < 1.29 is 4.42 Å². The molecule has 2 N–H and O–H groups in total. The van der Waals surface area contributed by atoms with Crippen molar-refractivity contribution in [2.24, 2.45) is 5.73 Å². The van der Waals surface area contributed by atoms with Crippen LogP contribution < -0.4 is 5.73 Å². The van der Waals surface area contributed by atoms with Gasteiger partial charge in [0.15, 0.2) is 0 Å². The third-order valence-electron chi connectivity index (χ3n) is 2.77. The first-order valence-corrected chi connectivity index (χ1v) is 5.77. The summed E-state index contributed by atoms with van der Waals surface area (Å²) >= 11 is 0. The third-order valence-corrected chi connectivity index (χ3v) is 2.77. The van der Waals surface area contributed by atoms with Gasteiger partial charge in [-0.2, -0.15) is 0 Å². The van der Waals surface area contributed by atoms with E-state index in [9.17, 15) is 0 Å². The second kappa shape index (κ2) is 5.66. The molecule has 0 saturated heterocycles. The van der Waals surface area contributed by atoms with Gasteiger partial charge in [0.1, 0.15) is 5.76 Å². The Balaban J connectivity index is 1.96. The SMILES string of the molecule is CN(Cc1ccccc1)Cc1occc1CN. The van der Waals surface area contributed by atoms with Crippen molar-refractivity contribution in [2.75, 3.05) is 7.05 Å². The molecule has 2 rings (SSSR count). The molecule has 1 aromatic heterocycles. The normalized spacial score (nSPS) is 11.0.